The number of rotatable bonds is 5. The number of nitrogens with zero attached hydrogens (tertiary/aromatic N) is 3. The zero-order valence-corrected chi connectivity index (χ0v) is 18.5. The quantitative estimate of drug-likeness (QED) is 0.562. The molecule has 0 aliphatic carbocycles. The lowest BCUT2D eigenvalue weighted by Crippen LogP contribution is -2.38. The molecule has 1 aromatic heterocycles. The van der Waals surface area contributed by atoms with Crippen LogP contribution in [0.5, 0.6) is 5.75 Å². The first kappa shape index (κ1) is 21.4. The van der Waals surface area contributed by atoms with Gasteiger partial charge in [-0.25, -0.2) is 0 Å². The van der Waals surface area contributed by atoms with Crippen molar-refractivity contribution in [2.45, 2.75) is 12.8 Å². The standard InChI is InChI=1S/C23H22Cl2N4O2/c1-31-18-5-2-15(3-6-18)20-8-9-22(28-27-20)29-12-10-16(11-13-29)23(30)26-21-14-17(24)4-7-19(21)25/h2-9,14,16H,10-13H2,1H3,(H,26,30). The molecule has 0 radical (unpaired) electrons. The fourth-order valence-electron chi connectivity index (χ4n) is 3.61. The number of carbonyl (C=O) groups is 1. The van der Waals surface area contributed by atoms with Gasteiger partial charge in [0.05, 0.1) is 23.5 Å². The van der Waals surface area contributed by atoms with Crippen LogP contribution in [0.1, 0.15) is 12.8 Å². The van der Waals surface area contributed by atoms with Crippen molar-refractivity contribution in [1.29, 1.82) is 0 Å². The van der Waals surface area contributed by atoms with Crippen molar-refractivity contribution in [3.05, 3.63) is 64.6 Å². The Labute approximate surface area is 191 Å². The molecular weight excluding hydrogens is 435 g/mol. The summed E-state index contributed by atoms with van der Waals surface area (Å²) in [5.41, 5.74) is 2.33. The van der Waals surface area contributed by atoms with Gasteiger partial charge >= 0.3 is 0 Å². The van der Waals surface area contributed by atoms with E-state index in [1.807, 2.05) is 36.4 Å². The van der Waals surface area contributed by atoms with Gasteiger partial charge in [-0.2, -0.15) is 0 Å². The number of nitrogens with one attached hydrogen (secondary N) is 1. The maximum atomic E-state index is 12.7. The third kappa shape index (κ3) is 5.09. The van der Waals surface area contributed by atoms with E-state index in [0.29, 0.717) is 15.7 Å². The Morgan fingerprint density at radius 3 is 2.42 bits per heavy atom. The van der Waals surface area contributed by atoms with Crippen LogP contribution in [-0.4, -0.2) is 36.3 Å². The molecule has 0 atom stereocenters. The third-order valence-electron chi connectivity index (χ3n) is 5.41. The molecule has 1 N–H and O–H groups in total. The smallest absolute Gasteiger partial charge is 0.227 e. The number of piperidine rings is 1. The van der Waals surface area contributed by atoms with Crippen molar-refractivity contribution in [3.63, 3.8) is 0 Å². The summed E-state index contributed by atoms with van der Waals surface area (Å²) in [5, 5.41) is 12.7. The summed E-state index contributed by atoms with van der Waals surface area (Å²) < 4.78 is 5.19. The Morgan fingerprint density at radius 2 is 1.77 bits per heavy atom. The number of halogens is 2. The van der Waals surface area contributed by atoms with Crippen molar-refractivity contribution >= 4 is 40.6 Å². The second-order valence-electron chi connectivity index (χ2n) is 7.38. The number of carbonyl (C=O) groups excluding carboxylic acids is 1. The minimum absolute atomic E-state index is 0.0373. The average molecular weight is 457 g/mol. The molecule has 1 saturated heterocycles. The van der Waals surface area contributed by atoms with Gasteiger partial charge in [-0.3, -0.25) is 4.79 Å². The average Bonchev–Trinajstić information content (AvgIpc) is 2.82. The summed E-state index contributed by atoms with van der Waals surface area (Å²) in [4.78, 5) is 14.8. The molecule has 1 aliphatic rings. The van der Waals surface area contributed by atoms with Gasteiger partial charge in [0.2, 0.25) is 5.91 Å². The molecule has 1 amide bonds. The molecule has 0 unspecified atom stereocenters. The predicted octanol–water partition coefficient (Wildman–Crippen LogP) is 5.31. The lowest BCUT2D eigenvalue weighted by Gasteiger charge is -2.31. The number of ether oxygens (including phenoxy) is 1. The van der Waals surface area contributed by atoms with E-state index in [1.54, 1.807) is 25.3 Å². The molecular formula is C23H22Cl2N4O2. The van der Waals surface area contributed by atoms with Gasteiger partial charge in [0.1, 0.15) is 5.75 Å². The van der Waals surface area contributed by atoms with Crippen molar-refractivity contribution < 1.29 is 9.53 Å². The van der Waals surface area contributed by atoms with E-state index in [9.17, 15) is 4.79 Å². The molecule has 8 heteroatoms. The second-order valence-corrected chi connectivity index (χ2v) is 8.22. The molecule has 3 aromatic rings. The van der Waals surface area contributed by atoms with Crippen molar-refractivity contribution in [3.8, 4) is 17.0 Å². The van der Waals surface area contributed by atoms with Gasteiger partial charge in [-0.1, -0.05) is 23.2 Å². The lowest BCUT2D eigenvalue weighted by molar-refractivity contribution is -0.120. The van der Waals surface area contributed by atoms with Gasteiger partial charge in [-0.15, -0.1) is 10.2 Å². The van der Waals surface area contributed by atoms with E-state index < -0.39 is 0 Å². The minimum atomic E-state index is -0.0853. The summed E-state index contributed by atoms with van der Waals surface area (Å²) >= 11 is 12.2. The highest BCUT2D eigenvalue weighted by molar-refractivity contribution is 6.35. The van der Waals surface area contributed by atoms with E-state index in [2.05, 4.69) is 20.4 Å². The van der Waals surface area contributed by atoms with Crippen LogP contribution >= 0.6 is 23.2 Å². The molecule has 2 heterocycles. The minimum Gasteiger partial charge on any atom is -0.497 e. The Bertz CT molecular complexity index is 1050. The maximum Gasteiger partial charge on any atom is 0.227 e. The topological polar surface area (TPSA) is 67.3 Å². The summed E-state index contributed by atoms with van der Waals surface area (Å²) in [7, 11) is 1.64. The number of anilines is 2. The van der Waals surface area contributed by atoms with E-state index in [1.165, 1.54) is 0 Å². The van der Waals surface area contributed by atoms with Crippen LogP contribution in [0.3, 0.4) is 0 Å². The number of aromatic nitrogens is 2. The van der Waals surface area contributed by atoms with Crippen LogP contribution in [0.25, 0.3) is 11.3 Å². The highest BCUT2D eigenvalue weighted by Gasteiger charge is 2.26. The molecule has 0 bridgehead atoms. The van der Waals surface area contributed by atoms with E-state index in [-0.39, 0.29) is 11.8 Å². The third-order valence-corrected chi connectivity index (χ3v) is 5.98. The van der Waals surface area contributed by atoms with Gasteiger partial charge in [0.15, 0.2) is 5.82 Å². The molecule has 0 saturated carbocycles. The van der Waals surface area contributed by atoms with E-state index >= 15 is 0 Å². The zero-order chi connectivity index (χ0) is 21.8. The van der Waals surface area contributed by atoms with Crippen molar-refractivity contribution in [2.24, 2.45) is 5.92 Å². The molecule has 160 valence electrons. The molecule has 1 aliphatic heterocycles. The highest BCUT2D eigenvalue weighted by Crippen LogP contribution is 2.28. The summed E-state index contributed by atoms with van der Waals surface area (Å²) in [6, 6.07) is 16.7. The Balaban J connectivity index is 1.35. The first-order valence-electron chi connectivity index (χ1n) is 10.0. The molecule has 31 heavy (non-hydrogen) atoms. The molecule has 1 fully saturated rings. The molecule has 4 rings (SSSR count). The Hall–Kier alpha value is -2.83. The highest BCUT2D eigenvalue weighted by atomic mass is 35.5. The normalized spacial score (nSPS) is 14.4. The van der Waals surface area contributed by atoms with E-state index in [0.717, 1.165) is 48.8 Å². The zero-order valence-electron chi connectivity index (χ0n) is 17.0. The number of benzene rings is 2. The van der Waals surface area contributed by atoms with E-state index in [4.69, 9.17) is 27.9 Å². The van der Waals surface area contributed by atoms with Gasteiger partial charge in [0, 0.05) is 29.6 Å². The van der Waals surface area contributed by atoms with Crippen LogP contribution in [0, 0.1) is 5.92 Å². The van der Waals surface area contributed by atoms with Gasteiger partial charge < -0.3 is 15.0 Å². The van der Waals surface area contributed by atoms with Crippen LogP contribution in [-0.2, 0) is 4.79 Å². The number of hydrogen-bond donors (Lipinski definition) is 1. The fourth-order valence-corrected chi connectivity index (χ4v) is 3.95. The summed E-state index contributed by atoms with van der Waals surface area (Å²) in [6.07, 6.45) is 1.46. The first-order chi connectivity index (χ1) is 15.0. The van der Waals surface area contributed by atoms with Crippen molar-refractivity contribution in [1.82, 2.24) is 10.2 Å². The molecule has 6 nitrogen and oxygen atoms in total. The Morgan fingerprint density at radius 1 is 1.03 bits per heavy atom. The Kier molecular flexibility index (Phi) is 6.59. The summed E-state index contributed by atoms with van der Waals surface area (Å²) in [6.45, 7) is 1.47. The lowest BCUT2D eigenvalue weighted by atomic mass is 9.95. The summed E-state index contributed by atoms with van der Waals surface area (Å²) in [5.74, 6) is 1.49. The van der Waals surface area contributed by atoms with Crippen molar-refractivity contribution in [2.75, 3.05) is 30.4 Å². The molecule has 0 spiro atoms. The predicted molar refractivity (Wildman–Crippen MR) is 124 cm³/mol. The fraction of sp³-hybridized carbons (Fsp3) is 0.261. The second kappa shape index (κ2) is 9.54. The van der Waals surface area contributed by atoms with Gasteiger partial charge in [0.25, 0.3) is 0 Å². The largest absolute Gasteiger partial charge is 0.497 e. The first-order valence-corrected chi connectivity index (χ1v) is 10.8. The van der Waals surface area contributed by atoms with Crippen LogP contribution in [0.2, 0.25) is 10.0 Å². The van der Waals surface area contributed by atoms with Crippen LogP contribution < -0.4 is 15.0 Å². The van der Waals surface area contributed by atoms with Gasteiger partial charge in [-0.05, 0) is 67.4 Å². The van der Waals surface area contributed by atoms with Crippen LogP contribution in [0.4, 0.5) is 11.5 Å². The van der Waals surface area contributed by atoms with Crippen LogP contribution in [0.15, 0.2) is 54.6 Å². The maximum absolute atomic E-state index is 12.7. The number of hydrogen-bond acceptors (Lipinski definition) is 5. The molecule has 2 aromatic carbocycles. The monoisotopic (exact) mass is 456 g/mol. The number of amides is 1. The SMILES string of the molecule is COc1ccc(-c2ccc(N3CCC(C(=O)Nc4cc(Cl)ccc4Cl)CC3)nn2)cc1. The number of methoxy groups -OCH3 is 1.